The maximum Gasteiger partial charge on any atom is 0.121 e. The molecule has 2 rings (SSSR count). The van der Waals surface area contributed by atoms with E-state index < -0.39 is 0 Å². The minimum Gasteiger partial charge on any atom is -0.496 e. The summed E-state index contributed by atoms with van der Waals surface area (Å²) in [6.45, 7) is 7.30. The van der Waals surface area contributed by atoms with Gasteiger partial charge in [0.1, 0.15) is 5.75 Å². The molecule has 0 aliphatic rings. The molecule has 2 heteroatoms. The molecule has 0 spiro atoms. The highest BCUT2D eigenvalue weighted by molar-refractivity contribution is 5.36. The number of nitrogens with one attached hydrogen (secondary N) is 1. The average Bonchev–Trinajstić information content (AvgIpc) is 2.49. The van der Waals surface area contributed by atoms with E-state index >= 15 is 0 Å². The Morgan fingerprint density at radius 1 is 1.05 bits per heavy atom. The van der Waals surface area contributed by atoms with Crippen LogP contribution in [0, 0.1) is 13.8 Å². The van der Waals surface area contributed by atoms with Gasteiger partial charge in [-0.1, -0.05) is 48.9 Å². The van der Waals surface area contributed by atoms with Gasteiger partial charge in [0.25, 0.3) is 0 Å². The van der Waals surface area contributed by atoms with Gasteiger partial charge in [-0.25, -0.2) is 0 Å². The summed E-state index contributed by atoms with van der Waals surface area (Å²) in [7, 11) is 1.71. The normalized spacial score (nSPS) is 12.2. The number of hydrogen-bond donors (Lipinski definition) is 1. The molecule has 2 nitrogen and oxygen atoms in total. The molecule has 0 saturated carbocycles. The van der Waals surface area contributed by atoms with Crippen LogP contribution in [0.15, 0.2) is 42.5 Å². The summed E-state index contributed by atoms with van der Waals surface area (Å²) in [5, 5.41) is 3.65. The maximum absolute atomic E-state index is 5.31. The minimum atomic E-state index is 0.396. The largest absolute Gasteiger partial charge is 0.496 e. The molecule has 112 valence electrons. The van der Waals surface area contributed by atoms with Gasteiger partial charge >= 0.3 is 0 Å². The molecule has 0 amide bonds. The molecule has 2 aromatic rings. The van der Waals surface area contributed by atoms with E-state index in [0.717, 1.165) is 18.7 Å². The lowest BCUT2D eigenvalue weighted by molar-refractivity contribution is 0.411. The number of hydrogen-bond acceptors (Lipinski definition) is 2. The molecule has 0 fully saturated rings. The zero-order valence-electron chi connectivity index (χ0n) is 13.4. The molecule has 0 aliphatic heterocycles. The van der Waals surface area contributed by atoms with Crippen molar-refractivity contribution < 1.29 is 4.74 Å². The number of ether oxygens (including phenoxy) is 1. The van der Waals surface area contributed by atoms with Crippen LogP contribution in [-0.4, -0.2) is 7.11 Å². The van der Waals surface area contributed by atoms with Crippen LogP contribution in [-0.2, 0) is 6.54 Å². The third-order valence-corrected chi connectivity index (χ3v) is 3.90. The van der Waals surface area contributed by atoms with Gasteiger partial charge in [0.15, 0.2) is 0 Å². The molecule has 1 unspecified atom stereocenters. The Bertz CT molecular complexity index is 575. The summed E-state index contributed by atoms with van der Waals surface area (Å²) in [4.78, 5) is 0. The lowest BCUT2D eigenvalue weighted by Gasteiger charge is -2.18. The fourth-order valence-electron chi connectivity index (χ4n) is 2.59. The van der Waals surface area contributed by atoms with Gasteiger partial charge in [-0.05, 0) is 43.0 Å². The zero-order valence-corrected chi connectivity index (χ0v) is 13.4. The Morgan fingerprint density at radius 3 is 2.33 bits per heavy atom. The molecular weight excluding hydrogens is 258 g/mol. The van der Waals surface area contributed by atoms with E-state index in [1.807, 2.05) is 6.07 Å². The van der Waals surface area contributed by atoms with Gasteiger partial charge < -0.3 is 10.1 Å². The Balaban J connectivity index is 2.03. The van der Waals surface area contributed by atoms with Crippen molar-refractivity contribution in [1.82, 2.24) is 5.32 Å². The molecule has 1 atom stereocenters. The van der Waals surface area contributed by atoms with Crippen LogP contribution >= 0.6 is 0 Å². The van der Waals surface area contributed by atoms with Gasteiger partial charge in [-0.15, -0.1) is 0 Å². The third-order valence-electron chi connectivity index (χ3n) is 3.90. The number of benzene rings is 2. The maximum atomic E-state index is 5.31. The monoisotopic (exact) mass is 283 g/mol. The van der Waals surface area contributed by atoms with E-state index in [1.54, 1.807) is 7.11 Å². The zero-order chi connectivity index (χ0) is 15.2. The van der Waals surface area contributed by atoms with Crippen LogP contribution in [0.3, 0.4) is 0 Å². The standard InChI is InChI=1S/C19H25NO/c1-5-18(17-9-6-14(2)7-10-17)20-13-16-8-11-19(21-4)15(3)12-16/h6-12,18,20H,5,13H2,1-4H3. The first-order valence-corrected chi connectivity index (χ1v) is 7.57. The van der Waals surface area contributed by atoms with E-state index in [2.05, 4.69) is 62.5 Å². The van der Waals surface area contributed by atoms with Crippen molar-refractivity contribution in [3.63, 3.8) is 0 Å². The molecule has 0 bridgehead atoms. The van der Waals surface area contributed by atoms with Gasteiger partial charge in [-0.2, -0.15) is 0 Å². The second-order valence-electron chi connectivity index (χ2n) is 5.56. The molecule has 0 aromatic heterocycles. The summed E-state index contributed by atoms with van der Waals surface area (Å²) >= 11 is 0. The highest BCUT2D eigenvalue weighted by atomic mass is 16.5. The summed E-state index contributed by atoms with van der Waals surface area (Å²) < 4.78 is 5.31. The van der Waals surface area contributed by atoms with Crippen LogP contribution in [0.5, 0.6) is 5.75 Å². The summed E-state index contributed by atoms with van der Waals surface area (Å²) in [6.07, 6.45) is 1.08. The predicted octanol–water partition coefficient (Wildman–Crippen LogP) is 4.55. The highest BCUT2D eigenvalue weighted by Crippen LogP contribution is 2.21. The number of aryl methyl sites for hydroxylation is 2. The first-order chi connectivity index (χ1) is 10.1. The second kappa shape index (κ2) is 7.28. The summed E-state index contributed by atoms with van der Waals surface area (Å²) in [5.41, 5.74) is 5.13. The molecule has 0 radical (unpaired) electrons. The van der Waals surface area contributed by atoms with Gasteiger partial charge in [-0.3, -0.25) is 0 Å². The van der Waals surface area contributed by atoms with Crippen molar-refractivity contribution >= 4 is 0 Å². The van der Waals surface area contributed by atoms with Crippen molar-refractivity contribution in [1.29, 1.82) is 0 Å². The first kappa shape index (κ1) is 15.6. The first-order valence-electron chi connectivity index (χ1n) is 7.57. The van der Waals surface area contributed by atoms with E-state index in [1.165, 1.54) is 22.3 Å². The predicted molar refractivity (Wildman–Crippen MR) is 88.8 cm³/mol. The van der Waals surface area contributed by atoms with Crippen LogP contribution < -0.4 is 10.1 Å². The molecular formula is C19H25NO. The van der Waals surface area contributed by atoms with E-state index in [4.69, 9.17) is 4.74 Å². The van der Waals surface area contributed by atoms with Gasteiger partial charge in [0.2, 0.25) is 0 Å². The molecule has 1 N–H and O–H groups in total. The number of rotatable bonds is 6. The van der Waals surface area contributed by atoms with E-state index in [-0.39, 0.29) is 0 Å². The quantitative estimate of drug-likeness (QED) is 0.839. The van der Waals surface area contributed by atoms with Crippen molar-refractivity contribution in [2.75, 3.05) is 7.11 Å². The Kier molecular flexibility index (Phi) is 5.40. The third kappa shape index (κ3) is 4.08. The van der Waals surface area contributed by atoms with Crippen molar-refractivity contribution in [2.45, 2.75) is 39.8 Å². The van der Waals surface area contributed by atoms with Gasteiger partial charge in [0.05, 0.1) is 7.11 Å². The Morgan fingerprint density at radius 2 is 1.76 bits per heavy atom. The van der Waals surface area contributed by atoms with Crippen LogP contribution in [0.25, 0.3) is 0 Å². The van der Waals surface area contributed by atoms with Crippen molar-refractivity contribution in [3.05, 3.63) is 64.7 Å². The minimum absolute atomic E-state index is 0.396. The average molecular weight is 283 g/mol. The van der Waals surface area contributed by atoms with Crippen LogP contribution in [0.4, 0.5) is 0 Å². The second-order valence-corrected chi connectivity index (χ2v) is 5.56. The molecule has 2 aromatic carbocycles. The number of methoxy groups -OCH3 is 1. The molecule has 0 aliphatic carbocycles. The topological polar surface area (TPSA) is 21.3 Å². The van der Waals surface area contributed by atoms with Gasteiger partial charge in [0, 0.05) is 12.6 Å². The van der Waals surface area contributed by atoms with Crippen molar-refractivity contribution in [3.8, 4) is 5.75 Å². The fourth-order valence-corrected chi connectivity index (χ4v) is 2.59. The summed E-state index contributed by atoms with van der Waals surface area (Å²) in [5.74, 6) is 0.948. The van der Waals surface area contributed by atoms with Crippen LogP contribution in [0.2, 0.25) is 0 Å². The van der Waals surface area contributed by atoms with E-state index in [9.17, 15) is 0 Å². The lowest BCUT2D eigenvalue weighted by Crippen LogP contribution is -2.20. The van der Waals surface area contributed by atoms with Crippen molar-refractivity contribution in [2.24, 2.45) is 0 Å². The SMILES string of the molecule is CCC(NCc1ccc(OC)c(C)c1)c1ccc(C)cc1. The van der Waals surface area contributed by atoms with Crippen LogP contribution in [0.1, 0.15) is 41.6 Å². The lowest BCUT2D eigenvalue weighted by atomic mass is 10.0. The molecule has 0 heterocycles. The highest BCUT2D eigenvalue weighted by Gasteiger charge is 2.09. The van der Waals surface area contributed by atoms with E-state index in [0.29, 0.717) is 6.04 Å². The molecule has 21 heavy (non-hydrogen) atoms. The Hall–Kier alpha value is -1.80. The summed E-state index contributed by atoms with van der Waals surface area (Å²) in [6, 6.07) is 15.5. The fraction of sp³-hybridized carbons (Fsp3) is 0.368. The molecule has 0 saturated heterocycles. The Labute approximate surface area is 128 Å². The smallest absolute Gasteiger partial charge is 0.121 e.